The van der Waals surface area contributed by atoms with Crippen molar-refractivity contribution in [3.8, 4) is 44.9 Å². The van der Waals surface area contributed by atoms with E-state index in [2.05, 4.69) is 234 Å². The van der Waals surface area contributed by atoms with Crippen LogP contribution in [0.4, 0.5) is 34.1 Å². The first kappa shape index (κ1) is 43.1. The number of furan rings is 1. The zero-order valence-corrected chi connectivity index (χ0v) is 41.4. The number of hydrogen-bond acceptors (Lipinski definition) is 5. The summed E-state index contributed by atoms with van der Waals surface area (Å²) in [5.74, 6) is 1.56. The summed E-state index contributed by atoms with van der Waals surface area (Å²) in [5, 5.41) is 2.25. The number of fused-ring (bicyclic) bond motifs is 9. The predicted octanol–water partition coefficient (Wildman–Crippen LogP) is 15.3. The molecule has 71 heavy (non-hydrogen) atoms. The molecule has 0 saturated carbocycles. The number of anilines is 6. The SMILES string of the molecule is Cc1cc2c3c(c1)N(c1ccccc1)c1c(ccc4c1OCCO4)B3c1ccc(-c3ccc4c(c3)oc3ccccc34)cc1N2c1cc(-c2ccc(C(C)(C)C)cc2)cc(-c2ccc(C(C)(C)C)cc2)c1. The van der Waals surface area contributed by atoms with Crippen LogP contribution in [0.25, 0.3) is 55.3 Å². The van der Waals surface area contributed by atoms with Gasteiger partial charge in [-0.15, -0.1) is 0 Å². The minimum absolute atomic E-state index is 0.0377. The first-order valence-corrected chi connectivity index (χ1v) is 25.0. The highest BCUT2D eigenvalue weighted by atomic mass is 16.6. The molecule has 4 heterocycles. The monoisotopic (exact) mass is 922 g/mol. The molecule has 0 unspecified atom stereocenters. The van der Waals surface area contributed by atoms with Gasteiger partial charge < -0.3 is 23.7 Å². The summed E-state index contributed by atoms with van der Waals surface area (Å²) in [4.78, 5) is 4.97. The summed E-state index contributed by atoms with van der Waals surface area (Å²) in [6, 6.07) is 67.5. The van der Waals surface area contributed by atoms with Crippen molar-refractivity contribution in [3.63, 3.8) is 0 Å². The van der Waals surface area contributed by atoms with E-state index in [0.29, 0.717) is 13.2 Å². The number of ether oxygens (including phenoxy) is 2. The normalized spacial score (nSPS) is 13.9. The van der Waals surface area contributed by atoms with Crippen LogP contribution in [0.2, 0.25) is 0 Å². The summed E-state index contributed by atoms with van der Waals surface area (Å²) in [5.41, 5.74) is 22.8. The van der Waals surface area contributed by atoms with Crippen LogP contribution >= 0.6 is 0 Å². The van der Waals surface area contributed by atoms with Crippen LogP contribution in [0.5, 0.6) is 11.5 Å². The van der Waals surface area contributed by atoms with Crippen molar-refractivity contribution < 1.29 is 13.9 Å². The topological polar surface area (TPSA) is 38.1 Å². The van der Waals surface area contributed by atoms with Gasteiger partial charge in [-0.05, 0) is 157 Å². The zero-order chi connectivity index (χ0) is 48.3. The lowest BCUT2D eigenvalue weighted by molar-refractivity contribution is 0.172. The van der Waals surface area contributed by atoms with Gasteiger partial charge >= 0.3 is 0 Å². The molecule has 5 nitrogen and oxygen atoms in total. The minimum Gasteiger partial charge on any atom is -0.486 e. The Balaban J connectivity index is 1.09. The Hall–Kier alpha value is -7.96. The van der Waals surface area contributed by atoms with Crippen molar-refractivity contribution in [1.82, 2.24) is 0 Å². The van der Waals surface area contributed by atoms with Gasteiger partial charge in [-0.1, -0.05) is 151 Å². The minimum atomic E-state index is -0.109. The van der Waals surface area contributed by atoms with Crippen LogP contribution in [0.15, 0.2) is 186 Å². The molecule has 0 amide bonds. The molecule has 0 aliphatic carbocycles. The number of para-hydroxylation sites is 2. The second-order valence-corrected chi connectivity index (χ2v) is 21.7. The highest BCUT2D eigenvalue weighted by Gasteiger charge is 2.45. The van der Waals surface area contributed by atoms with Crippen molar-refractivity contribution in [3.05, 3.63) is 199 Å². The molecular formula is C65H55BN2O3. The van der Waals surface area contributed by atoms with E-state index in [9.17, 15) is 0 Å². The molecule has 0 fully saturated rings. The number of rotatable bonds is 5. The van der Waals surface area contributed by atoms with Gasteiger partial charge in [0.25, 0.3) is 6.71 Å². The van der Waals surface area contributed by atoms with E-state index in [-0.39, 0.29) is 17.5 Å². The molecule has 6 heteroatoms. The predicted molar refractivity (Wildman–Crippen MR) is 297 cm³/mol. The number of hydrogen-bond donors (Lipinski definition) is 0. The molecule has 0 radical (unpaired) electrons. The van der Waals surface area contributed by atoms with E-state index < -0.39 is 0 Å². The summed E-state index contributed by atoms with van der Waals surface area (Å²) < 4.78 is 19.5. The lowest BCUT2D eigenvalue weighted by Crippen LogP contribution is -2.61. The third-order valence-corrected chi connectivity index (χ3v) is 15.0. The fourth-order valence-corrected chi connectivity index (χ4v) is 11.3. The Kier molecular flexibility index (Phi) is 9.74. The molecule has 0 saturated heterocycles. The second-order valence-electron chi connectivity index (χ2n) is 21.7. The maximum Gasteiger partial charge on any atom is 0.252 e. The van der Waals surface area contributed by atoms with Gasteiger partial charge in [0.15, 0.2) is 11.5 Å². The van der Waals surface area contributed by atoms with E-state index >= 15 is 0 Å². The van der Waals surface area contributed by atoms with Gasteiger partial charge in [-0.2, -0.15) is 0 Å². The molecule has 346 valence electrons. The fraction of sp³-hybridized carbons (Fsp3) is 0.169. The van der Waals surface area contributed by atoms with Gasteiger partial charge in [-0.25, -0.2) is 0 Å². The quantitative estimate of drug-likeness (QED) is 0.161. The Morgan fingerprint density at radius 3 is 1.70 bits per heavy atom. The van der Waals surface area contributed by atoms with E-state index in [4.69, 9.17) is 13.9 Å². The highest BCUT2D eigenvalue weighted by Crippen LogP contribution is 2.51. The highest BCUT2D eigenvalue weighted by molar-refractivity contribution is 7.00. The van der Waals surface area contributed by atoms with Crippen LogP contribution in [0.1, 0.15) is 58.2 Å². The number of benzene rings is 9. The Labute approximate surface area is 417 Å². The zero-order valence-electron chi connectivity index (χ0n) is 41.4. The van der Waals surface area contributed by atoms with Gasteiger partial charge in [0.05, 0.1) is 5.69 Å². The van der Waals surface area contributed by atoms with Gasteiger partial charge in [0.1, 0.15) is 24.4 Å². The Morgan fingerprint density at radius 2 is 1.01 bits per heavy atom. The largest absolute Gasteiger partial charge is 0.486 e. The summed E-state index contributed by atoms with van der Waals surface area (Å²) in [6.45, 7) is 16.8. The van der Waals surface area contributed by atoms with Crippen molar-refractivity contribution >= 4 is 79.2 Å². The summed E-state index contributed by atoms with van der Waals surface area (Å²) in [7, 11) is 0. The fourth-order valence-electron chi connectivity index (χ4n) is 11.3. The van der Waals surface area contributed by atoms with E-state index in [1.54, 1.807) is 0 Å². The Morgan fingerprint density at radius 1 is 0.437 bits per heavy atom. The standard InChI is InChI=1S/C65H55BN2O3/c1-40-33-56-61-57(34-40)68(49-13-9-8-10-14-49)62-54(29-30-59-63(62)70-32-31-69-59)66(61)53-28-22-43(44-21-27-52-51-15-11-12-16-58(51)71-60(52)39-44)38-55(53)67(56)50-36-45(41-17-23-47(24-18-41)64(2,3)4)35-46(37-50)42-19-25-48(26-20-42)65(5,6)7/h8-30,33-39H,31-32H2,1-7H3. The first-order valence-electron chi connectivity index (χ1n) is 25.0. The third-order valence-electron chi connectivity index (χ3n) is 15.0. The lowest BCUT2D eigenvalue weighted by atomic mass is 9.33. The molecule has 0 N–H and O–H groups in total. The van der Waals surface area contributed by atoms with Gasteiger partial charge in [-0.3, -0.25) is 0 Å². The average Bonchev–Trinajstić information content (AvgIpc) is 3.76. The van der Waals surface area contributed by atoms with Crippen molar-refractivity contribution in [1.29, 1.82) is 0 Å². The van der Waals surface area contributed by atoms with Gasteiger partial charge in [0.2, 0.25) is 0 Å². The summed E-state index contributed by atoms with van der Waals surface area (Å²) in [6.07, 6.45) is 0. The molecule has 0 spiro atoms. The molecule has 3 aliphatic rings. The van der Waals surface area contributed by atoms with E-state index in [0.717, 1.165) is 95.4 Å². The van der Waals surface area contributed by atoms with E-state index in [1.807, 2.05) is 6.07 Å². The molecule has 9 aromatic carbocycles. The molecule has 3 aliphatic heterocycles. The first-order chi connectivity index (χ1) is 34.4. The lowest BCUT2D eigenvalue weighted by Gasteiger charge is -2.45. The maximum atomic E-state index is 6.65. The molecule has 10 aromatic rings. The van der Waals surface area contributed by atoms with E-state index in [1.165, 1.54) is 38.6 Å². The average molecular weight is 923 g/mol. The molecule has 0 bridgehead atoms. The van der Waals surface area contributed by atoms with Crippen LogP contribution in [0.3, 0.4) is 0 Å². The number of aryl methyl sites for hydroxylation is 1. The summed E-state index contributed by atoms with van der Waals surface area (Å²) >= 11 is 0. The van der Waals surface area contributed by atoms with Crippen LogP contribution in [-0.2, 0) is 10.8 Å². The van der Waals surface area contributed by atoms with Crippen molar-refractivity contribution in [2.24, 2.45) is 0 Å². The van der Waals surface area contributed by atoms with Crippen molar-refractivity contribution in [2.75, 3.05) is 23.0 Å². The van der Waals surface area contributed by atoms with Crippen molar-refractivity contribution in [2.45, 2.75) is 59.3 Å². The Bertz CT molecular complexity index is 3670. The van der Waals surface area contributed by atoms with Crippen LogP contribution < -0.4 is 35.7 Å². The molecular weight excluding hydrogens is 868 g/mol. The second kappa shape index (κ2) is 16.0. The number of nitrogens with zero attached hydrogens (tertiary/aromatic N) is 2. The van der Waals surface area contributed by atoms with Crippen LogP contribution in [-0.4, -0.2) is 19.9 Å². The third kappa shape index (κ3) is 7.14. The molecule has 13 rings (SSSR count). The molecule has 1 aromatic heterocycles. The smallest absolute Gasteiger partial charge is 0.252 e. The van der Waals surface area contributed by atoms with Crippen LogP contribution in [0, 0.1) is 6.92 Å². The van der Waals surface area contributed by atoms with Gasteiger partial charge in [0, 0.05) is 39.2 Å². The maximum absolute atomic E-state index is 6.65. The molecule has 0 atom stereocenters.